The number of rotatable bonds is 2. The maximum atomic E-state index is 12.7. The summed E-state index contributed by atoms with van der Waals surface area (Å²) in [5, 5.41) is 6.45. The van der Waals surface area contributed by atoms with Crippen LogP contribution in [0.5, 0.6) is 0 Å². The van der Waals surface area contributed by atoms with Gasteiger partial charge < -0.3 is 5.32 Å². The second-order valence-electron chi connectivity index (χ2n) is 4.86. The van der Waals surface area contributed by atoms with Crippen molar-refractivity contribution in [2.75, 3.05) is 10.6 Å². The van der Waals surface area contributed by atoms with E-state index in [0.29, 0.717) is 17.1 Å². The van der Waals surface area contributed by atoms with Crippen LogP contribution in [0.25, 0.3) is 0 Å². The molecular weight excluding hydrogens is 358 g/mol. The van der Waals surface area contributed by atoms with Crippen molar-refractivity contribution in [2.24, 2.45) is 0 Å². The smallest absolute Gasteiger partial charge is 0.308 e. The van der Waals surface area contributed by atoms with Gasteiger partial charge in [0.25, 0.3) is 0 Å². The Morgan fingerprint density at radius 2 is 1.46 bits per heavy atom. The summed E-state index contributed by atoms with van der Waals surface area (Å²) in [6, 6.07) is 1.54. The van der Waals surface area contributed by atoms with E-state index >= 15 is 0 Å². The fourth-order valence-electron chi connectivity index (χ4n) is 1.80. The van der Waals surface area contributed by atoms with Gasteiger partial charge in [0.05, 0.1) is 16.1 Å². The highest BCUT2D eigenvalue weighted by atomic mass is 32.1. The highest BCUT2D eigenvalue weighted by Gasteiger charge is 2.37. The maximum Gasteiger partial charge on any atom is 0.416 e. The van der Waals surface area contributed by atoms with Crippen LogP contribution in [-0.4, -0.2) is 6.03 Å². The molecule has 0 saturated heterocycles. The maximum absolute atomic E-state index is 12.7. The van der Waals surface area contributed by atoms with E-state index in [4.69, 9.17) is 0 Å². The topological polar surface area (TPSA) is 41.1 Å². The van der Waals surface area contributed by atoms with Crippen LogP contribution in [0.4, 0.5) is 41.8 Å². The number of nitrogens with one attached hydrogen (secondary N) is 2. The number of carbonyl (C=O) groups is 1. The Hall–Kier alpha value is -2.23. The van der Waals surface area contributed by atoms with E-state index in [0.717, 1.165) is 5.56 Å². The third-order valence-corrected chi connectivity index (χ3v) is 3.78. The lowest BCUT2D eigenvalue weighted by Crippen LogP contribution is -2.20. The molecule has 130 valence electrons. The zero-order valence-electron chi connectivity index (χ0n) is 12.0. The van der Waals surface area contributed by atoms with Crippen LogP contribution in [-0.2, 0) is 12.4 Å². The van der Waals surface area contributed by atoms with Gasteiger partial charge in [0.1, 0.15) is 0 Å². The van der Waals surface area contributed by atoms with Crippen molar-refractivity contribution in [3.05, 3.63) is 46.3 Å². The molecule has 24 heavy (non-hydrogen) atoms. The summed E-state index contributed by atoms with van der Waals surface area (Å²) in [6.45, 7) is 1.77. The largest absolute Gasteiger partial charge is 0.416 e. The first kappa shape index (κ1) is 18.1. The first-order valence-electron chi connectivity index (χ1n) is 6.38. The molecule has 10 heteroatoms. The van der Waals surface area contributed by atoms with Crippen molar-refractivity contribution in [2.45, 2.75) is 19.3 Å². The normalized spacial score (nSPS) is 12.1. The minimum atomic E-state index is -4.97. The standard InChI is InChI=1S/C14H10F6N2OS/c1-7-2-11(24-6-7)22-12(23)21-10-4-8(13(15,16)17)3-9(5-10)14(18,19)20/h2-6H,1H3,(H2,21,22,23). The molecule has 0 atom stereocenters. The third-order valence-electron chi connectivity index (χ3n) is 2.81. The van der Waals surface area contributed by atoms with Gasteiger partial charge in [-0.25, -0.2) is 4.79 Å². The van der Waals surface area contributed by atoms with E-state index in [1.54, 1.807) is 18.4 Å². The molecule has 0 saturated carbocycles. The minimum absolute atomic E-state index is 0.00822. The van der Waals surface area contributed by atoms with Crippen LogP contribution in [0.3, 0.4) is 0 Å². The van der Waals surface area contributed by atoms with Crippen LogP contribution in [0.15, 0.2) is 29.6 Å². The van der Waals surface area contributed by atoms with Crippen LogP contribution < -0.4 is 10.6 Å². The summed E-state index contributed by atoms with van der Waals surface area (Å²) in [6.07, 6.45) is -9.95. The molecule has 1 aromatic carbocycles. The highest BCUT2D eigenvalue weighted by Crippen LogP contribution is 2.37. The molecule has 0 fully saturated rings. The number of benzene rings is 1. The van der Waals surface area contributed by atoms with Crippen molar-refractivity contribution < 1.29 is 31.1 Å². The number of amides is 2. The summed E-state index contributed by atoms with van der Waals surface area (Å²) in [5.74, 6) is 0. The molecule has 2 N–H and O–H groups in total. The summed E-state index contributed by atoms with van der Waals surface area (Å²) in [4.78, 5) is 11.7. The van der Waals surface area contributed by atoms with Gasteiger partial charge in [0.2, 0.25) is 0 Å². The molecule has 0 aliphatic rings. The van der Waals surface area contributed by atoms with E-state index < -0.39 is 35.2 Å². The van der Waals surface area contributed by atoms with Gasteiger partial charge in [-0.05, 0) is 42.1 Å². The molecular formula is C14H10F6N2OS. The quantitative estimate of drug-likeness (QED) is 0.652. The van der Waals surface area contributed by atoms with E-state index in [1.807, 2.05) is 5.32 Å². The number of thiophene rings is 1. The molecule has 0 unspecified atom stereocenters. The van der Waals surface area contributed by atoms with Crippen LogP contribution in [0, 0.1) is 6.92 Å². The molecule has 0 radical (unpaired) electrons. The first-order chi connectivity index (χ1) is 10.9. The van der Waals surface area contributed by atoms with Crippen molar-refractivity contribution in [3.8, 4) is 0 Å². The number of hydrogen-bond acceptors (Lipinski definition) is 2. The van der Waals surface area contributed by atoms with E-state index in [1.165, 1.54) is 11.3 Å². The Morgan fingerprint density at radius 1 is 0.917 bits per heavy atom. The number of aryl methyl sites for hydroxylation is 1. The van der Waals surface area contributed by atoms with E-state index in [2.05, 4.69) is 5.32 Å². The van der Waals surface area contributed by atoms with E-state index in [9.17, 15) is 31.1 Å². The molecule has 0 aliphatic carbocycles. The van der Waals surface area contributed by atoms with Gasteiger partial charge >= 0.3 is 18.4 Å². The predicted octanol–water partition coefficient (Wildman–Crippen LogP) is 5.74. The van der Waals surface area contributed by atoms with Gasteiger partial charge in [0, 0.05) is 5.69 Å². The van der Waals surface area contributed by atoms with Crippen LogP contribution in [0.2, 0.25) is 0 Å². The zero-order chi connectivity index (χ0) is 18.1. The molecule has 2 amide bonds. The average molecular weight is 368 g/mol. The average Bonchev–Trinajstić information content (AvgIpc) is 2.81. The summed E-state index contributed by atoms with van der Waals surface area (Å²) in [5.41, 5.74) is -2.75. The van der Waals surface area contributed by atoms with E-state index in [-0.39, 0.29) is 6.07 Å². The van der Waals surface area contributed by atoms with Crippen molar-refractivity contribution >= 4 is 28.1 Å². The molecule has 1 aromatic heterocycles. The fourth-order valence-corrected chi connectivity index (χ4v) is 2.58. The number of hydrogen-bond donors (Lipinski definition) is 2. The summed E-state index contributed by atoms with van der Waals surface area (Å²) in [7, 11) is 0. The Labute approximate surface area is 136 Å². The van der Waals surface area contributed by atoms with Gasteiger partial charge in [-0.3, -0.25) is 5.32 Å². The lowest BCUT2D eigenvalue weighted by atomic mass is 10.1. The SMILES string of the molecule is Cc1csc(NC(=O)Nc2cc(C(F)(F)F)cc(C(F)(F)F)c2)c1. The Kier molecular flexibility index (Phi) is 4.79. The Bertz CT molecular complexity index is 718. The van der Waals surface area contributed by atoms with Crippen LogP contribution >= 0.6 is 11.3 Å². The number of alkyl halides is 6. The molecule has 3 nitrogen and oxygen atoms in total. The Balaban J connectivity index is 2.26. The zero-order valence-corrected chi connectivity index (χ0v) is 12.8. The minimum Gasteiger partial charge on any atom is -0.308 e. The molecule has 2 aromatic rings. The highest BCUT2D eigenvalue weighted by molar-refractivity contribution is 7.14. The predicted molar refractivity (Wildman–Crippen MR) is 78.1 cm³/mol. The molecule has 0 bridgehead atoms. The lowest BCUT2D eigenvalue weighted by Gasteiger charge is -2.14. The second-order valence-corrected chi connectivity index (χ2v) is 5.77. The number of urea groups is 1. The molecule has 1 heterocycles. The van der Waals surface area contributed by atoms with Crippen molar-refractivity contribution in [1.82, 2.24) is 0 Å². The Morgan fingerprint density at radius 3 is 1.88 bits per heavy atom. The molecule has 2 rings (SSSR count). The number of carbonyl (C=O) groups excluding carboxylic acids is 1. The second kappa shape index (κ2) is 6.34. The number of anilines is 2. The summed E-state index contributed by atoms with van der Waals surface area (Å²) >= 11 is 1.17. The number of halogens is 6. The van der Waals surface area contributed by atoms with Gasteiger partial charge in [-0.15, -0.1) is 11.3 Å². The van der Waals surface area contributed by atoms with Crippen LogP contribution in [0.1, 0.15) is 16.7 Å². The summed E-state index contributed by atoms with van der Waals surface area (Å²) < 4.78 is 76.4. The fraction of sp³-hybridized carbons (Fsp3) is 0.214. The van der Waals surface area contributed by atoms with Gasteiger partial charge in [-0.2, -0.15) is 26.3 Å². The lowest BCUT2D eigenvalue weighted by molar-refractivity contribution is -0.143. The van der Waals surface area contributed by atoms with Crippen molar-refractivity contribution in [1.29, 1.82) is 0 Å². The monoisotopic (exact) mass is 368 g/mol. The molecule has 0 spiro atoms. The first-order valence-corrected chi connectivity index (χ1v) is 7.26. The van der Waals surface area contributed by atoms with Gasteiger partial charge in [0.15, 0.2) is 0 Å². The third kappa shape index (κ3) is 4.63. The van der Waals surface area contributed by atoms with Gasteiger partial charge in [-0.1, -0.05) is 0 Å². The van der Waals surface area contributed by atoms with Crippen molar-refractivity contribution in [3.63, 3.8) is 0 Å². The molecule has 0 aliphatic heterocycles.